The van der Waals surface area contributed by atoms with Crippen LogP contribution in [-0.2, 0) is 32.0 Å². The SMILES string of the molecule is O=C(C[C@H]1CC=CCC[C@H](Cc2ccccc2)C(=O)OC[C@H](Cc2ccccc2)NC1=O)NC1(CO)CCCC1. The van der Waals surface area contributed by atoms with Gasteiger partial charge in [-0.05, 0) is 56.1 Å². The fourth-order valence-corrected chi connectivity index (χ4v) is 5.78. The molecule has 2 aromatic rings. The first kappa shape index (κ1) is 29.5. The van der Waals surface area contributed by atoms with Gasteiger partial charge in [-0.1, -0.05) is 85.7 Å². The Hall–Kier alpha value is -3.45. The van der Waals surface area contributed by atoms with Crippen molar-refractivity contribution in [3.8, 4) is 0 Å². The molecule has 1 aliphatic heterocycles. The molecule has 0 radical (unpaired) electrons. The molecule has 3 N–H and O–H groups in total. The lowest BCUT2D eigenvalue weighted by Gasteiger charge is -2.29. The molecule has 0 spiro atoms. The first-order valence-corrected chi connectivity index (χ1v) is 14.6. The summed E-state index contributed by atoms with van der Waals surface area (Å²) >= 11 is 0. The number of carbonyl (C=O) groups excluding carboxylic acids is 3. The van der Waals surface area contributed by atoms with Crippen LogP contribution in [0, 0.1) is 11.8 Å². The van der Waals surface area contributed by atoms with Crippen molar-refractivity contribution in [2.75, 3.05) is 13.2 Å². The molecule has 2 aromatic carbocycles. The molecular weight excluding hydrogens is 504 g/mol. The number of hydrogen-bond acceptors (Lipinski definition) is 5. The van der Waals surface area contributed by atoms with E-state index in [1.807, 2.05) is 72.8 Å². The fraction of sp³-hybridized carbons (Fsp3) is 0.485. The quantitative estimate of drug-likeness (QED) is 0.339. The highest BCUT2D eigenvalue weighted by Crippen LogP contribution is 2.29. The molecule has 7 nitrogen and oxygen atoms in total. The second-order valence-electron chi connectivity index (χ2n) is 11.3. The van der Waals surface area contributed by atoms with Crippen molar-refractivity contribution in [2.24, 2.45) is 11.8 Å². The van der Waals surface area contributed by atoms with Crippen molar-refractivity contribution in [3.63, 3.8) is 0 Å². The zero-order valence-electron chi connectivity index (χ0n) is 23.2. The summed E-state index contributed by atoms with van der Waals surface area (Å²) in [7, 11) is 0. The lowest BCUT2D eigenvalue weighted by atomic mass is 9.94. The van der Waals surface area contributed by atoms with E-state index in [9.17, 15) is 19.5 Å². The molecule has 0 bridgehead atoms. The minimum absolute atomic E-state index is 0.0341. The maximum atomic E-state index is 13.5. The molecule has 7 heteroatoms. The van der Waals surface area contributed by atoms with E-state index in [1.165, 1.54) is 0 Å². The second-order valence-corrected chi connectivity index (χ2v) is 11.3. The number of rotatable bonds is 8. The van der Waals surface area contributed by atoms with E-state index in [0.717, 1.165) is 36.8 Å². The van der Waals surface area contributed by atoms with Gasteiger partial charge in [0.2, 0.25) is 11.8 Å². The second kappa shape index (κ2) is 14.8. The number of esters is 1. The van der Waals surface area contributed by atoms with Crippen LogP contribution in [0.15, 0.2) is 72.8 Å². The van der Waals surface area contributed by atoms with E-state index in [1.54, 1.807) is 0 Å². The molecule has 1 aliphatic carbocycles. The molecule has 3 atom stereocenters. The van der Waals surface area contributed by atoms with E-state index >= 15 is 0 Å². The van der Waals surface area contributed by atoms with Gasteiger partial charge in [-0.15, -0.1) is 0 Å². The molecule has 2 aliphatic rings. The number of aliphatic hydroxyl groups excluding tert-OH is 1. The van der Waals surface area contributed by atoms with Crippen molar-refractivity contribution in [3.05, 3.63) is 83.9 Å². The molecule has 1 heterocycles. The summed E-state index contributed by atoms with van der Waals surface area (Å²) in [4.78, 5) is 39.8. The first-order valence-electron chi connectivity index (χ1n) is 14.6. The number of cyclic esters (lactones) is 1. The van der Waals surface area contributed by atoms with Crippen LogP contribution in [0.1, 0.15) is 62.5 Å². The molecule has 40 heavy (non-hydrogen) atoms. The van der Waals surface area contributed by atoms with Gasteiger partial charge in [0.05, 0.1) is 30.0 Å². The van der Waals surface area contributed by atoms with Crippen molar-refractivity contribution >= 4 is 17.8 Å². The zero-order chi connectivity index (χ0) is 28.2. The predicted octanol–water partition coefficient (Wildman–Crippen LogP) is 4.28. The minimum atomic E-state index is -0.579. The average Bonchev–Trinajstić information content (AvgIpc) is 3.43. The highest BCUT2D eigenvalue weighted by Gasteiger charge is 2.35. The van der Waals surface area contributed by atoms with Crippen LogP contribution in [0.4, 0.5) is 0 Å². The molecule has 1 saturated carbocycles. The van der Waals surface area contributed by atoms with Gasteiger partial charge in [0, 0.05) is 6.42 Å². The van der Waals surface area contributed by atoms with Crippen LogP contribution in [0.5, 0.6) is 0 Å². The van der Waals surface area contributed by atoms with Gasteiger partial charge in [-0.3, -0.25) is 14.4 Å². The summed E-state index contributed by atoms with van der Waals surface area (Å²) in [6.45, 7) is -0.0328. The Morgan fingerprint density at radius 3 is 2.23 bits per heavy atom. The number of benzene rings is 2. The smallest absolute Gasteiger partial charge is 0.309 e. The van der Waals surface area contributed by atoms with Gasteiger partial charge >= 0.3 is 5.97 Å². The van der Waals surface area contributed by atoms with E-state index in [4.69, 9.17) is 4.74 Å². The number of hydrogen-bond donors (Lipinski definition) is 3. The molecule has 214 valence electrons. The maximum Gasteiger partial charge on any atom is 0.309 e. The number of ether oxygens (including phenoxy) is 1. The van der Waals surface area contributed by atoms with Crippen molar-refractivity contribution in [1.29, 1.82) is 0 Å². The maximum absolute atomic E-state index is 13.5. The Kier molecular flexibility index (Phi) is 10.9. The lowest BCUT2D eigenvalue weighted by Crippen LogP contribution is -2.50. The minimum Gasteiger partial charge on any atom is -0.463 e. The third-order valence-electron chi connectivity index (χ3n) is 8.10. The Labute approximate surface area is 237 Å². The Morgan fingerprint density at radius 2 is 1.57 bits per heavy atom. The van der Waals surface area contributed by atoms with Crippen LogP contribution >= 0.6 is 0 Å². The third-order valence-corrected chi connectivity index (χ3v) is 8.10. The molecule has 1 fully saturated rings. The van der Waals surface area contributed by atoms with Crippen LogP contribution in [0.3, 0.4) is 0 Å². The molecular formula is C33H42N2O5. The van der Waals surface area contributed by atoms with E-state index in [-0.39, 0.29) is 43.3 Å². The highest BCUT2D eigenvalue weighted by atomic mass is 16.5. The average molecular weight is 547 g/mol. The number of nitrogens with one attached hydrogen (secondary N) is 2. The summed E-state index contributed by atoms with van der Waals surface area (Å²) in [6.07, 6.45) is 10.3. The zero-order valence-corrected chi connectivity index (χ0v) is 23.2. The number of aliphatic hydroxyl groups is 1. The molecule has 4 rings (SSSR count). The van der Waals surface area contributed by atoms with Gasteiger partial charge in [0.1, 0.15) is 6.61 Å². The molecule has 2 amide bonds. The fourth-order valence-electron chi connectivity index (χ4n) is 5.78. The molecule has 0 unspecified atom stereocenters. The van der Waals surface area contributed by atoms with Gasteiger partial charge in [0.25, 0.3) is 0 Å². The van der Waals surface area contributed by atoms with E-state index in [2.05, 4.69) is 10.6 Å². The topological polar surface area (TPSA) is 105 Å². The van der Waals surface area contributed by atoms with Crippen molar-refractivity contribution in [1.82, 2.24) is 10.6 Å². The van der Waals surface area contributed by atoms with Crippen molar-refractivity contribution < 1.29 is 24.2 Å². The van der Waals surface area contributed by atoms with Crippen LogP contribution in [0.25, 0.3) is 0 Å². The van der Waals surface area contributed by atoms with Gasteiger partial charge < -0.3 is 20.5 Å². The van der Waals surface area contributed by atoms with Gasteiger partial charge in [-0.2, -0.15) is 0 Å². The Bertz CT molecular complexity index is 1130. The number of carbonyl (C=O) groups is 3. The highest BCUT2D eigenvalue weighted by molar-refractivity contribution is 5.86. The molecule has 0 saturated heterocycles. The summed E-state index contributed by atoms with van der Waals surface area (Å²) < 4.78 is 5.82. The Morgan fingerprint density at radius 1 is 0.925 bits per heavy atom. The van der Waals surface area contributed by atoms with E-state index in [0.29, 0.717) is 32.1 Å². The Balaban J connectivity index is 1.49. The number of amides is 2. The summed E-state index contributed by atoms with van der Waals surface area (Å²) in [5.74, 6) is -1.57. The van der Waals surface area contributed by atoms with Crippen LogP contribution in [-0.4, -0.2) is 47.7 Å². The summed E-state index contributed by atoms with van der Waals surface area (Å²) in [5, 5.41) is 16.0. The lowest BCUT2D eigenvalue weighted by molar-refractivity contribution is -0.150. The van der Waals surface area contributed by atoms with Crippen molar-refractivity contribution in [2.45, 2.75) is 75.8 Å². The predicted molar refractivity (Wildman–Crippen MR) is 154 cm³/mol. The largest absolute Gasteiger partial charge is 0.463 e. The van der Waals surface area contributed by atoms with Crippen LogP contribution < -0.4 is 10.6 Å². The normalized spacial score (nSPS) is 23.7. The standard InChI is InChI=1S/C33H42N2O5/c36-24-33(18-10-11-19-33)35-30(37)22-27-16-8-3-9-17-28(20-25-12-4-1-5-13-25)32(39)40-23-29(34-31(27)38)21-26-14-6-2-7-15-26/h1-8,12-15,27-29,36H,9-11,16-24H2,(H,34,38)(H,35,37)/t27-,28-,29+/m1/s1. The first-order chi connectivity index (χ1) is 19.5. The van der Waals surface area contributed by atoms with Gasteiger partial charge in [0.15, 0.2) is 0 Å². The summed E-state index contributed by atoms with van der Waals surface area (Å²) in [6, 6.07) is 19.3. The monoisotopic (exact) mass is 546 g/mol. The van der Waals surface area contributed by atoms with Gasteiger partial charge in [-0.25, -0.2) is 0 Å². The van der Waals surface area contributed by atoms with E-state index < -0.39 is 17.5 Å². The third kappa shape index (κ3) is 8.78. The molecule has 0 aromatic heterocycles. The van der Waals surface area contributed by atoms with Crippen LogP contribution in [0.2, 0.25) is 0 Å². The number of allylic oxidation sites excluding steroid dienone is 2. The summed E-state index contributed by atoms with van der Waals surface area (Å²) in [5.41, 5.74) is 1.53.